The fourth-order valence-electron chi connectivity index (χ4n) is 4.38. The summed E-state index contributed by atoms with van der Waals surface area (Å²) in [5.74, 6) is 0.702. The number of benzene rings is 2. The molecule has 0 spiro atoms. The van der Waals surface area contributed by atoms with Crippen molar-refractivity contribution in [1.29, 1.82) is 0 Å². The Kier molecular flexibility index (Phi) is 5.94. The van der Waals surface area contributed by atoms with Crippen LogP contribution in [0.2, 0.25) is 5.02 Å². The Morgan fingerprint density at radius 2 is 1.85 bits per heavy atom. The third kappa shape index (κ3) is 4.10. The third-order valence-corrected chi connectivity index (χ3v) is 6.20. The number of carbonyl (C=O) groups excluding carboxylic acids is 1. The molecule has 172 valence electrons. The van der Waals surface area contributed by atoms with Crippen molar-refractivity contribution in [2.75, 3.05) is 25.5 Å². The van der Waals surface area contributed by atoms with Crippen molar-refractivity contribution in [2.24, 2.45) is 0 Å². The monoisotopic (exact) mass is 473 g/mol. The molecule has 1 amide bonds. The van der Waals surface area contributed by atoms with Crippen LogP contribution in [0, 0.1) is 6.92 Å². The molecule has 0 radical (unpaired) electrons. The number of nitrogens with zero attached hydrogens (tertiary/aromatic N) is 3. The zero-order chi connectivity index (χ0) is 23.7. The number of ether oxygens (including phenoxy) is 1. The van der Waals surface area contributed by atoms with E-state index in [0.717, 1.165) is 49.8 Å². The molecule has 0 saturated carbocycles. The van der Waals surface area contributed by atoms with Crippen LogP contribution >= 0.6 is 11.6 Å². The molecule has 7 nitrogen and oxygen atoms in total. The van der Waals surface area contributed by atoms with Gasteiger partial charge >= 0.3 is 0 Å². The van der Waals surface area contributed by atoms with E-state index in [1.54, 1.807) is 19.4 Å². The van der Waals surface area contributed by atoms with Crippen LogP contribution in [0.15, 0.2) is 60.9 Å². The Labute approximate surface area is 201 Å². The minimum absolute atomic E-state index is 0.0906. The van der Waals surface area contributed by atoms with E-state index in [9.17, 15) is 4.79 Å². The van der Waals surface area contributed by atoms with Crippen LogP contribution in [0.25, 0.3) is 32.7 Å². The second-order valence-electron chi connectivity index (χ2n) is 8.05. The fraction of sp³-hybridized carbons (Fsp3) is 0.192. The smallest absolute Gasteiger partial charge is 0.239 e. The predicted octanol–water partition coefficient (Wildman–Crippen LogP) is 4.94. The van der Waals surface area contributed by atoms with Crippen LogP contribution in [0.4, 0.5) is 5.69 Å². The molecule has 3 heterocycles. The van der Waals surface area contributed by atoms with Crippen LogP contribution in [0.3, 0.4) is 0 Å². The summed E-state index contributed by atoms with van der Waals surface area (Å²) in [6.45, 7) is 3.26. The van der Waals surface area contributed by atoms with Gasteiger partial charge in [0.2, 0.25) is 5.91 Å². The molecule has 5 aromatic rings. The Hall–Kier alpha value is -3.84. The molecule has 0 aliphatic carbocycles. The first-order chi connectivity index (χ1) is 16.5. The second kappa shape index (κ2) is 9.19. The molecule has 0 saturated heterocycles. The van der Waals surface area contributed by atoms with Gasteiger partial charge in [0.1, 0.15) is 5.75 Å². The molecule has 0 atom stereocenters. The number of pyridine rings is 2. The highest BCUT2D eigenvalue weighted by molar-refractivity contribution is 6.31. The number of anilines is 1. The molecule has 5 rings (SSSR count). The Morgan fingerprint density at radius 3 is 2.71 bits per heavy atom. The Morgan fingerprint density at radius 1 is 1.03 bits per heavy atom. The molecule has 8 heteroatoms. The van der Waals surface area contributed by atoms with Gasteiger partial charge < -0.3 is 19.9 Å². The topological polar surface area (TPSA) is 81.1 Å². The number of rotatable bonds is 7. The normalized spacial score (nSPS) is 11.3. The van der Waals surface area contributed by atoms with Crippen LogP contribution < -0.4 is 15.4 Å². The molecule has 0 fully saturated rings. The average molecular weight is 474 g/mol. The molecule has 0 aliphatic rings. The number of amides is 1. The molecule has 2 aromatic carbocycles. The van der Waals surface area contributed by atoms with Crippen molar-refractivity contribution in [2.45, 2.75) is 13.5 Å². The van der Waals surface area contributed by atoms with Gasteiger partial charge in [-0.3, -0.25) is 14.8 Å². The predicted molar refractivity (Wildman–Crippen MR) is 137 cm³/mol. The summed E-state index contributed by atoms with van der Waals surface area (Å²) in [7, 11) is 1.66. The number of aromatic nitrogens is 3. The summed E-state index contributed by atoms with van der Waals surface area (Å²) < 4.78 is 7.64. The maximum absolute atomic E-state index is 12.6. The molecule has 0 aliphatic heterocycles. The number of halogens is 1. The number of hydrogen-bond acceptors (Lipinski definition) is 5. The van der Waals surface area contributed by atoms with Gasteiger partial charge in [0, 0.05) is 58.4 Å². The van der Waals surface area contributed by atoms with E-state index >= 15 is 0 Å². The summed E-state index contributed by atoms with van der Waals surface area (Å²) in [5, 5.41) is 10.0. The summed E-state index contributed by atoms with van der Waals surface area (Å²) in [5.41, 5.74) is 4.70. The minimum atomic E-state index is -0.0906. The highest BCUT2D eigenvalue weighted by atomic mass is 35.5. The van der Waals surface area contributed by atoms with E-state index in [0.29, 0.717) is 18.1 Å². The summed E-state index contributed by atoms with van der Waals surface area (Å²) in [4.78, 5) is 21.4. The van der Waals surface area contributed by atoms with Gasteiger partial charge in [-0.05, 0) is 49.4 Å². The van der Waals surface area contributed by atoms with E-state index in [2.05, 4.69) is 31.2 Å². The SMILES string of the molecule is COc1ccc2c3ccnc(C)c3n(CCNC(=O)CNc3ccnc4cc(Cl)ccc34)c2c1. The number of methoxy groups -OCH3 is 1. The quantitative estimate of drug-likeness (QED) is 0.350. The first kappa shape index (κ1) is 22.0. The van der Waals surface area contributed by atoms with Crippen molar-refractivity contribution < 1.29 is 9.53 Å². The number of aryl methyl sites for hydroxylation is 1. The maximum Gasteiger partial charge on any atom is 0.239 e. The average Bonchev–Trinajstić information content (AvgIpc) is 3.16. The summed E-state index contributed by atoms with van der Waals surface area (Å²) >= 11 is 6.06. The molecular weight excluding hydrogens is 450 g/mol. The Balaban J connectivity index is 1.30. The lowest BCUT2D eigenvalue weighted by atomic mass is 10.1. The largest absolute Gasteiger partial charge is 0.497 e. The van der Waals surface area contributed by atoms with E-state index < -0.39 is 0 Å². The van der Waals surface area contributed by atoms with Gasteiger partial charge in [0.15, 0.2) is 0 Å². The van der Waals surface area contributed by atoms with E-state index in [1.165, 1.54) is 0 Å². The summed E-state index contributed by atoms with van der Waals surface area (Å²) in [6.07, 6.45) is 3.53. The second-order valence-corrected chi connectivity index (χ2v) is 8.49. The maximum atomic E-state index is 12.6. The van der Waals surface area contributed by atoms with Crippen molar-refractivity contribution in [1.82, 2.24) is 19.9 Å². The number of carbonyl (C=O) groups is 1. The standard InChI is InChI=1S/C26H24ClN5O2/c1-16-26-20(7-9-28-16)19-6-4-18(34-2)14-24(19)32(26)12-11-30-25(33)15-31-22-8-10-29-23-13-17(27)3-5-21(22)23/h3-10,13-14H,11-12,15H2,1-2H3,(H,29,31)(H,30,33). The lowest BCUT2D eigenvalue weighted by Gasteiger charge is -2.12. The van der Waals surface area contributed by atoms with Crippen LogP contribution in [-0.2, 0) is 11.3 Å². The highest BCUT2D eigenvalue weighted by Crippen LogP contribution is 2.32. The van der Waals surface area contributed by atoms with Crippen molar-refractivity contribution in [3.8, 4) is 5.75 Å². The van der Waals surface area contributed by atoms with Gasteiger partial charge in [-0.25, -0.2) is 0 Å². The first-order valence-corrected chi connectivity index (χ1v) is 11.4. The van der Waals surface area contributed by atoms with Crippen molar-refractivity contribution in [3.05, 3.63) is 71.6 Å². The Bertz CT molecular complexity index is 1530. The van der Waals surface area contributed by atoms with Crippen molar-refractivity contribution in [3.63, 3.8) is 0 Å². The molecular formula is C26H24ClN5O2. The van der Waals surface area contributed by atoms with Crippen LogP contribution in [0.5, 0.6) is 5.75 Å². The zero-order valence-corrected chi connectivity index (χ0v) is 19.7. The number of hydrogen-bond donors (Lipinski definition) is 2. The number of fused-ring (bicyclic) bond motifs is 4. The lowest BCUT2D eigenvalue weighted by Crippen LogP contribution is -2.32. The van der Waals surface area contributed by atoms with E-state index in [-0.39, 0.29) is 12.5 Å². The lowest BCUT2D eigenvalue weighted by molar-refractivity contribution is -0.119. The summed E-state index contributed by atoms with van der Waals surface area (Å²) in [6, 6.07) is 15.5. The van der Waals surface area contributed by atoms with Crippen LogP contribution in [-0.4, -0.2) is 40.6 Å². The minimum Gasteiger partial charge on any atom is -0.497 e. The first-order valence-electron chi connectivity index (χ1n) is 11.0. The van der Waals surface area contributed by atoms with Gasteiger partial charge in [-0.15, -0.1) is 0 Å². The molecule has 0 bridgehead atoms. The van der Waals surface area contributed by atoms with E-state index in [4.69, 9.17) is 16.3 Å². The molecule has 0 unspecified atom stereocenters. The molecule has 3 aromatic heterocycles. The zero-order valence-electron chi connectivity index (χ0n) is 18.9. The molecule has 34 heavy (non-hydrogen) atoms. The van der Waals surface area contributed by atoms with Gasteiger partial charge in [0.25, 0.3) is 0 Å². The van der Waals surface area contributed by atoms with Gasteiger partial charge in [-0.1, -0.05) is 11.6 Å². The highest BCUT2D eigenvalue weighted by Gasteiger charge is 2.14. The van der Waals surface area contributed by atoms with Gasteiger partial charge in [0.05, 0.1) is 35.9 Å². The molecule has 2 N–H and O–H groups in total. The van der Waals surface area contributed by atoms with Crippen LogP contribution in [0.1, 0.15) is 5.69 Å². The fourth-order valence-corrected chi connectivity index (χ4v) is 4.55. The van der Waals surface area contributed by atoms with E-state index in [1.807, 2.05) is 49.5 Å². The third-order valence-electron chi connectivity index (χ3n) is 5.96. The van der Waals surface area contributed by atoms with Gasteiger partial charge in [-0.2, -0.15) is 0 Å². The van der Waals surface area contributed by atoms with Crippen molar-refractivity contribution >= 4 is 55.9 Å². The number of nitrogens with one attached hydrogen (secondary N) is 2.